The minimum absolute atomic E-state index is 0.213. The molecular weight excluding hydrogens is 344 g/mol. The van der Waals surface area contributed by atoms with Crippen LogP contribution >= 0.6 is 0 Å². The number of hydrogen-bond acceptors (Lipinski definition) is 5. The first-order valence-corrected chi connectivity index (χ1v) is 9.15. The summed E-state index contributed by atoms with van der Waals surface area (Å²) in [6.07, 6.45) is 1.14. The molecule has 8 heteroatoms. The van der Waals surface area contributed by atoms with Gasteiger partial charge in [0.1, 0.15) is 22.9 Å². The van der Waals surface area contributed by atoms with Gasteiger partial charge in [-0.3, -0.25) is 4.79 Å². The molecule has 2 aromatic carbocycles. The van der Waals surface area contributed by atoms with Crippen molar-refractivity contribution in [2.75, 3.05) is 13.4 Å². The van der Waals surface area contributed by atoms with Gasteiger partial charge in [-0.15, -0.1) is 0 Å². The van der Waals surface area contributed by atoms with Crippen LogP contribution in [0.3, 0.4) is 0 Å². The summed E-state index contributed by atoms with van der Waals surface area (Å²) in [7, 11) is -1.76. The highest BCUT2D eigenvalue weighted by Gasteiger charge is 2.13. The third kappa shape index (κ3) is 3.43. The van der Waals surface area contributed by atoms with Crippen LogP contribution in [0.1, 0.15) is 10.5 Å². The molecule has 0 radical (unpaired) electrons. The van der Waals surface area contributed by atoms with Gasteiger partial charge in [-0.25, -0.2) is 8.42 Å². The SMILES string of the molecule is COc1cc(Oc2ccc(S(C)(=O)=O)cc2)cc2cc(C(N)=O)[nH]c12. The van der Waals surface area contributed by atoms with E-state index in [2.05, 4.69) is 4.98 Å². The molecule has 7 nitrogen and oxygen atoms in total. The molecule has 0 aliphatic rings. The van der Waals surface area contributed by atoms with E-state index in [1.165, 1.54) is 19.2 Å². The Balaban J connectivity index is 1.97. The van der Waals surface area contributed by atoms with E-state index in [-0.39, 0.29) is 10.6 Å². The van der Waals surface area contributed by atoms with Crippen molar-refractivity contribution in [3.8, 4) is 17.2 Å². The number of aromatic amines is 1. The van der Waals surface area contributed by atoms with Gasteiger partial charge >= 0.3 is 0 Å². The van der Waals surface area contributed by atoms with Crippen molar-refractivity contribution in [3.63, 3.8) is 0 Å². The highest BCUT2D eigenvalue weighted by atomic mass is 32.2. The van der Waals surface area contributed by atoms with Crippen molar-refractivity contribution in [1.82, 2.24) is 4.98 Å². The average Bonchev–Trinajstić information content (AvgIpc) is 2.98. The largest absolute Gasteiger partial charge is 0.494 e. The number of aromatic nitrogens is 1. The number of rotatable bonds is 5. The Morgan fingerprint density at radius 3 is 2.32 bits per heavy atom. The number of fused-ring (bicyclic) bond motifs is 1. The standard InChI is InChI=1S/C17H16N2O5S/c1-23-15-9-12(7-10-8-14(17(18)20)19-16(10)15)24-11-3-5-13(6-4-11)25(2,21)22/h3-9,19H,1-2H3,(H2,18,20). The molecule has 1 aromatic heterocycles. The number of amides is 1. The van der Waals surface area contributed by atoms with Gasteiger partial charge in [0.25, 0.3) is 5.91 Å². The van der Waals surface area contributed by atoms with Gasteiger partial charge in [0.15, 0.2) is 9.84 Å². The number of H-pyrrole nitrogens is 1. The van der Waals surface area contributed by atoms with Crippen molar-refractivity contribution >= 4 is 26.6 Å². The van der Waals surface area contributed by atoms with Crippen molar-refractivity contribution in [2.45, 2.75) is 4.90 Å². The maximum atomic E-state index is 11.5. The number of sulfone groups is 1. The number of ether oxygens (including phenoxy) is 2. The monoisotopic (exact) mass is 360 g/mol. The van der Waals surface area contributed by atoms with Crippen LogP contribution in [0.4, 0.5) is 0 Å². The molecule has 0 unspecified atom stereocenters. The minimum Gasteiger partial charge on any atom is -0.494 e. The average molecular weight is 360 g/mol. The van der Waals surface area contributed by atoms with Gasteiger partial charge < -0.3 is 20.2 Å². The second kappa shape index (κ2) is 6.14. The van der Waals surface area contributed by atoms with Gasteiger partial charge in [0.2, 0.25) is 0 Å². The number of carbonyl (C=O) groups is 1. The quantitative estimate of drug-likeness (QED) is 0.726. The lowest BCUT2D eigenvalue weighted by molar-refractivity contribution is 0.0996. The number of benzene rings is 2. The van der Waals surface area contributed by atoms with Crippen molar-refractivity contribution < 1.29 is 22.7 Å². The van der Waals surface area contributed by atoms with E-state index < -0.39 is 15.7 Å². The minimum atomic E-state index is -3.26. The molecule has 0 fully saturated rings. The van der Waals surface area contributed by atoms with E-state index in [4.69, 9.17) is 15.2 Å². The van der Waals surface area contributed by atoms with Gasteiger partial charge in [-0.1, -0.05) is 0 Å². The van der Waals surface area contributed by atoms with Crippen LogP contribution in [0, 0.1) is 0 Å². The maximum absolute atomic E-state index is 11.5. The predicted octanol–water partition coefficient (Wildman–Crippen LogP) is 2.47. The molecule has 1 heterocycles. The van der Waals surface area contributed by atoms with Crippen LogP contribution in [-0.2, 0) is 9.84 Å². The summed E-state index contributed by atoms with van der Waals surface area (Å²) in [6, 6.07) is 11.1. The first-order chi connectivity index (χ1) is 11.8. The fourth-order valence-corrected chi connectivity index (χ4v) is 3.06. The number of hydrogen-bond donors (Lipinski definition) is 2. The Morgan fingerprint density at radius 1 is 1.08 bits per heavy atom. The topological polar surface area (TPSA) is 111 Å². The first kappa shape index (κ1) is 16.8. The smallest absolute Gasteiger partial charge is 0.265 e. The fraction of sp³-hybridized carbons (Fsp3) is 0.118. The highest BCUT2D eigenvalue weighted by Crippen LogP contribution is 2.33. The summed E-state index contributed by atoms with van der Waals surface area (Å²) < 4.78 is 34.1. The van der Waals surface area contributed by atoms with Gasteiger partial charge in [0.05, 0.1) is 17.5 Å². The Labute approximate surface area is 144 Å². The molecule has 1 amide bonds. The second-order valence-electron chi connectivity index (χ2n) is 5.48. The number of nitrogens with one attached hydrogen (secondary N) is 1. The van der Waals surface area contributed by atoms with Gasteiger partial charge in [-0.05, 0) is 36.4 Å². The first-order valence-electron chi connectivity index (χ1n) is 7.26. The lowest BCUT2D eigenvalue weighted by atomic mass is 10.2. The number of primary amides is 1. The van der Waals surface area contributed by atoms with E-state index in [1.54, 1.807) is 30.3 Å². The van der Waals surface area contributed by atoms with Crippen molar-refractivity contribution in [3.05, 3.63) is 48.2 Å². The zero-order valence-electron chi connectivity index (χ0n) is 13.6. The third-order valence-electron chi connectivity index (χ3n) is 3.64. The lowest BCUT2D eigenvalue weighted by Gasteiger charge is -2.09. The van der Waals surface area contributed by atoms with E-state index in [9.17, 15) is 13.2 Å². The molecule has 0 aliphatic carbocycles. The zero-order valence-corrected chi connectivity index (χ0v) is 14.4. The van der Waals surface area contributed by atoms with Crippen LogP contribution in [0.15, 0.2) is 47.4 Å². The van der Waals surface area contributed by atoms with E-state index in [0.29, 0.717) is 28.2 Å². The molecule has 0 saturated heterocycles. The third-order valence-corrected chi connectivity index (χ3v) is 4.77. The molecule has 0 atom stereocenters. The summed E-state index contributed by atoms with van der Waals surface area (Å²) in [5.74, 6) is 0.871. The molecular formula is C17H16N2O5S. The number of carbonyl (C=O) groups excluding carboxylic acids is 1. The summed E-state index contributed by atoms with van der Waals surface area (Å²) in [6.45, 7) is 0. The molecule has 3 rings (SSSR count). The Hall–Kier alpha value is -3.00. The zero-order chi connectivity index (χ0) is 18.2. The Bertz CT molecular complexity index is 1050. The number of nitrogens with two attached hydrogens (primary N) is 1. The number of methoxy groups -OCH3 is 1. The lowest BCUT2D eigenvalue weighted by Crippen LogP contribution is -2.10. The van der Waals surface area contributed by atoms with Crippen LogP contribution in [0.2, 0.25) is 0 Å². The van der Waals surface area contributed by atoms with Crippen LogP contribution in [0.5, 0.6) is 17.2 Å². The van der Waals surface area contributed by atoms with Crippen LogP contribution < -0.4 is 15.2 Å². The Kier molecular flexibility index (Phi) is 4.13. The highest BCUT2D eigenvalue weighted by molar-refractivity contribution is 7.90. The summed E-state index contributed by atoms with van der Waals surface area (Å²) >= 11 is 0. The van der Waals surface area contributed by atoms with E-state index in [0.717, 1.165) is 6.26 Å². The normalized spacial score (nSPS) is 11.4. The van der Waals surface area contributed by atoms with E-state index in [1.807, 2.05) is 0 Å². The second-order valence-corrected chi connectivity index (χ2v) is 7.50. The summed E-state index contributed by atoms with van der Waals surface area (Å²) in [5.41, 5.74) is 6.19. The molecule has 0 bridgehead atoms. The fourth-order valence-electron chi connectivity index (χ4n) is 2.43. The summed E-state index contributed by atoms with van der Waals surface area (Å²) in [4.78, 5) is 14.4. The molecule has 0 aliphatic heterocycles. The molecule has 130 valence electrons. The maximum Gasteiger partial charge on any atom is 0.265 e. The van der Waals surface area contributed by atoms with Crippen molar-refractivity contribution in [1.29, 1.82) is 0 Å². The van der Waals surface area contributed by atoms with Gasteiger partial charge in [0, 0.05) is 17.7 Å². The molecule has 0 saturated carbocycles. The molecule has 25 heavy (non-hydrogen) atoms. The van der Waals surface area contributed by atoms with Crippen LogP contribution in [-0.4, -0.2) is 32.7 Å². The van der Waals surface area contributed by atoms with Crippen LogP contribution in [0.25, 0.3) is 10.9 Å². The molecule has 0 spiro atoms. The van der Waals surface area contributed by atoms with Crippen molar-refractivity contribution in [2.24, 2.45) is 5.73 Å². The predicted molar refractivity (Wildman–Crippen MR) is 93.0 cm³/mol. The van der Waals surface area contributed by atoms with Gasteiger partial charge in [-0.2, -0.15) is 0 Å². The van der Waals surface area contributed by atoms with E-state index >= 15 is 0 Å². The Morgan fingerprint density at radius 2 is 1.76 bits per heavy atom. The molecule has 3 N–H and O–H groups in total. The molecule has 3 aromatic rings. The summed E-state index contributed by atoms with van der Waals surface area (Å²) in [5, 5.41) is 0.705.